The Hall–Kier alpha value is -5.26. The van der Waals surface area contributed by atoms with Crippen LogP contribution in [0.3, 0.4) is 0 Å². The van der Waals surface area contributed by atoms with E-state index in [9.17, 15) is 24.6 Å². The van der Waals surface area contributed by atoms with E-state index in [1.807, 2.05) is 60.7 Å². The van der Waals surface area contributed by atoms with Gasteiger partial charge < -0.3 is 29.4 Å². The van der Waals surface area contributed by atoms with E-state index in [0.29, 0.717) is 11.1 Å². The van der Waals surface area contributed by atoms with Gasteiger partial charge in [0.1, 0.15) is 24.1 Å². The van der Waals surface area contributed by atoms with Crippen LogP contribution in [0.5, 0.6) is 0 Å². The molecule has 1 aliphatic carbocycles. The van der Waals surface area contributed by atoms with Crippen LogP contribution >= 0.6 is 0 Å². The van der Waals surface area contributed by atoms with Crippen LogP contribution in [0.1, 0.15) is 81.7 Å². The molecule has 0 unspecified atom stereocenters. The predicted molar refractivity (Wildman–Crippen MR) is 199 cm³/mol. The first kappa shape index (κ1) is 36.1. The first-order valence-electron chi connectivity index (χ1n) is 18.4. The molecule has 1 fully saturated rings. The van der Waals surface area contributed by atoms with Crippen molar-refractivity contribution >= 4 is 23.2 Å². The fourth-order valence-corrected chi connectivity index (χ4v) is 7.71. The maximum atomic E-state index is 13.4. The number of aromatic nitrogens is 2. The van der Waals surface area contributed by atoms with Crippen LogP contribution in [0.2, 0.25) is 0 Å². The summed E-state index contributed by atoms with van der Waals surface area (Å²) in [6, 6.07) is 25.8. The van der Waals surface area contributed by atoms with Crippen molar-refractivity contribution in [3.8, 4) is 22.5 Å². The number of carbonyl (C=O) groups is 2. The number of carboxylic acids is 1. The van der Waals surface area contributed by atoms with Crippen molar-refractivity contribution in [2.24, 2.45) is 5.92 Å². The third kappa shape index (κ3) is 7.11. The number of aliphatic hydroxyl groups excluding tert-OH is 1. The molecule has 3 N–H and O–H groups in total. The van der Waals surface area contributed by atoms with E-state index in [2.05, 4.69) is 29.4 Å². The van der Waals surface area contributed by atoms with Gasteiger partial charge in [0.05, 0.1) is 17.6 Å². The fourth-order valence-electron chi connectivity index (χ4n) is 7.71. The number of ether oxygens (including phenoxy) is 2. The van der Waals surface area contributed by atoms with E-state index < -0.39 is 47.6 Å². The van der Waals surface area contributed by atoms with E-state index in [1.54, 1.807) is 26.1 Å². The highest BCUT2D eigenvalue weighted by molar-refractivity contribution is 5.85. The molecule has 0 bridgehead atoms. The number of aliphatic carboxylic acids is 1. The number of nitrogens with zero attached hydrogens (tertiary/aromatic N) is 2. The normalized spacial score (nSPS) is 19.2. The molecule has 0 spiro atoms. The number of hydrogen-bond donors (Lipinski definition) is 3. The third-order valence-electron chi connectivity index (χ3n) is 10.8. The highest BCUT2D eigenvalue weighted by Gasteiger charge is 2.49. The van der Waals surface area contributed by atoms with E-state index in [4.69, 9.17) is 13.9 Å². The number of hydrogen-bond acceptors (Lipinski definition) is 8. The summed E-state index contributed by atoms with van der Waals surface area (Å²) in [6.07, 6.45) is 1.88. The number of furan rings is 1. The maximum Gasteiger partial charge on any atom is 0.408 e. The van der Waals surface area contributed by atoms with Crippen molar-refractivity contribution in [2.45, 2.75) is 89.2 Å². The van der Waals surface area contributed by atoms with Gasteiger partial charge in [-0.1, -0.05) is 106 Å². The Labute approximate surface area is 307 Å². The van der Waals surface area contributed by atoms with Gasteiger partial charge in [0.15, 0.2) is 0 Å². The molecule has 276 valence electrons. The molecule has 3 aromatic carbocycles. The quantitative estimate of drug-likeness (QED) is 0.105. The minimum absolute atomic E-state index is 0.0107. The minimum Gasteiger partial charge on any atom is -0.479 e. The molecule has 2 aliphatic rings. The number of nitrogens with one attached hydrogen (secondary N) is 1. The minimum atomic E-state index is -1.85. The number of alkyl carbamates (subject to hydrolysis) is 1. The number of benzene rings is 3. The summed E-state index contributed by atoms with van der Waals surface area (Å²) in [6.45, 7) is 5.54. The molecule has 11 heteroatoms. The van der Waals surface area contributed by atoms with E-state index in [-0.39, 0.29) is 31.1 Å². The molecule has 0 saturated carbocycles. The zero-order valence-electron chi connectivity index (χ0n) is 30.2. The lowest BCUT2D eigenvalue weighted by Gasteiger charge is -2.36. The Bertz CT molecular complexity index is 2130. The van der Waals surface area contributed by atoms with Crippen LogP contribution in [0.4, 0.5) is 4.79 Å². The van der Waals surface area contributed by atoms with Crippen molar-refractivity contribution in [1.29, 1.82) is 0 Å². The summed E-state index contributed by atoms with van der Waals surface area (Å²) in [7, 11) is 0. The largest absolute Gasteiger partial charge is 0.479 e. The Morgan fingerprint density at radius 2 is 1.70 bits per heavy atom. The number of amides is 1. The monoisotopic (exact) mass is 719 g/mol. The first-order chi connectivity index (χ1) is 25.6. The van der Waals surface area contributed by atoms with Gasteiger partial charge in [0.25, 0.3) is 0 Å². The average molecular weight is 720 g/mol. The van der Waals surface area contributed by atoms with Crippen molar-refractivity contribution in [2.75, 3.05) is 6.61 Å². The Morgan fingerprint density at radius 1 is 1.02 bits per heavy atom. The second-order valence-electron chi connectivity index (χ2n) is 14.5. The topological polar surface area (TPSA) is 153 Å². The van der Waals surface area contributed by atoms with E-state index in [1.165, 1.54) is 23.0 Å². The number of fused-ring (bicyclic) bond motifs is 4. The van der Waals surface area contributed by atoms with Crippen LogP contribution in [0.15, 0.2) is 94.3 Å². The average Bonchev–Trinajstić information content (AvgIpc) is 3.83. The van der Waals surface area contributed by atoms with Crippen LogP contribution < -0.4 is 11.0 Å². The summed E-state index contributed by atoms with van der Waals surface area (Å²) >= 11 is 0. The lowest BCUT2D eigenvalue weighted by molar-refractivity contribution is -0.150. The number of unbranched alkanes of at least 4 members (excludes halogenated alkanes) is 2. The summed E-state index contributed by atoms with van der Waals surface area (Å²) < 4.78 is 19.1. The van der Waals surface area contributed by atoms with Crippen molar-refractivity contribution in [1.82, 2.24) is 14.9 Å². The van der Waals surface area contributed by atoms with Crippen LogP contribution in [0.25, 0.3) is 33.6 Å². The van der Waals surface area contributed by atoms with Crippen LogP contribution in [-0.2, 0) is 20.7 Å². The molecule has 11 nitrogen and oxygen atoms in total. The smallest absolute Gasteiger partial charge is 0.408 e. The van der Waals surface area contributed by atoms with Gasteiger partial charge >= 0.3 is 17.8 Å². The number of aryl methyl sites for hydroxylation is 1. The number of carboxylic acid groups (broad SMARTS) is 1. The van der Waals surface area contributed by atoms with Gasteiger partial charge in [0.2, 0.25) is 5.71 Å². The SMILES string of the molecule is CCCCCc1ccc(-c2cc3cn([C@H]4C[C@H](O)[C@@H](C[C@@](NC(=O)OCC5c6ccccc6-c6ccccc65)(C(=O)O)C(C)C)O4)c(=O)nc3o2)cc1. The molecule has 3 heterocycles. The van der Waals surface area contributed by atoms with Gasteiger partial charge in [-0.05, 0) is 52.6 Å². The van der Waals surface area contributed by atoms with Gasteiger partial charge in [-0.15, -0.1) is 0 Å². The molecule has 4 atom stereocenters. The van der Waals surface area contributed by atoms with Gasteiger partial charge in [-0.2, -0.15) is 4.98 Å². The van der Waals surface area contributed by atoms with Gasteiger partial charge in [0, 0.05) is 30.5 Å². The summed E-state index contributed by atoms with van der Waals surface area (Å²) in [5.41, 5.74) is 4.02. The summed E-state index contributed by atoms with van der Waals surface area (Å²) in [5, 5.41) is 24.9. The first-order valence-corrected chi connectivity index (χ1v) is 18.4. The summed E-state index contributed by atoms with van der Waals surface area (Å²) in [5.74, 6) is -1.55. The standard InChI is InChI=1S/C42H45N3O8/c1-4-5-6-11-26-16-18-27(19-17-26)35-20-28-23-45(40(49)43-38(28)53-35)37-21-34(46)36(52-37)22-42(25(2)3,39(47)48)44-41(50)51-24-33-31-14-9-7-12-29(31)30-13-8-10-15-32(30)33/h7-10,12-20,23,25,33-34,36-37,46H,4-6,11,21-22,24H2,1-3H3,(H,44,50)(H,47,48)/t34-,36+,37+,42-/m0/s1. The predicted octanol–water partition coefficient (Wildman–Crippen LogP) is 7.45. The van der Waals surface area contributed by atoms with Gasteiger partial charge in [-0.3, -0.25) is 4.57 Å². The van der Waals surface area contributed by atoms with Crippen molar-refractivity contribution in [3.05, 3.63) is 112 Å². The zero-order chi connectivity index (χ0) is 37.3. The van der Waals surface area contributed by atoms with Crippen molar-refractivity contribution in [3.63, 3.8) is 0 Å². The number of aliphatic hydroxyl groups is 1. The van der Waals surface area contributed by atoms with Crippen LogP contribution in [0, 0.1) is 5.92 Å². The molecule has 1 amide bonds. The highest BCUT2D eigenvalue weighted by Crippen LogP contribution is 2.44. The third-order valence-corrected chi connectivity index (χ3v) is 10.8. The number of carbonyl (C=O) groups excluding carboxylic acids is 1. The molecule has 1 aliphatic heterocycles. The molecule has 7 rings (SSSR count). The highest BCUT2D eigenvalue weighted by atomic mass is 16.6. The second-order valence-corrected chi connectivity index (χ2v) is 14.5. The Balaban J connectivity index is 1.05. The van der Waals surface area contributed by atoms with E-state index >= 15 is 0 Å². The number of rotatable bonds is 13. The molecule has 5 aromatic rings. The lowest BCUT2D eigenvalue weighted by atomic mass is 9.80. The Kier molecular flexibility index (Phi) is 10.2. The molecule has 53 heavy (non-hydrogen) atoms. The molecule has 1 saturated heterocycles. The molecular weight excluding hydrogens is 674 g/mol. The Morgan fingerprint density at radius 3 is 2.34 bits per heavy atom. The molecule has 2 aromatic heterocycles. The van der Waals surface area contributed by atoms with E-state index in [0.717, 1.165) is 40.7 Å². The van der Waals surface area contributed by atoms with Gasteiger partial charge in [-0.25, -0.2) is 14.4 Å². The summed E-state index contributed by atoms with van der Waals surface area (Å²) in [4.78, 5) is 43.7. The van der Waals surface area contributed by atoms with Crippen LogP contribution in [-0.4, -0.2) is 56.2 Å². The van der Waals surface area contributed by atoms with Crippen molar-refractivity contribution < 1.29 is 33.7 Å². The second kappa shape index (κ2) is 15.0. The maximum absolute atomic E-state index is 13.4. The molecular formula is C42H45N3O8. The fraction of sp³-hybridized carbons (Fsp3) is 0.381. The lowest BCUT2D eigenvalue weighted by Crippen LogP contribution is -2.60. The molecule has 0 radical (unpaired) electrons. The zero-order valence-corrected chi connectivity index (χ0v) is 30.2.